The number of amides is 2. The van der Waals surface area contributed by atoms with E-state index in [-0.39, 0.29) is 5.91 Å². The van der Waals surface area contributed by atoms with Crippen molar-refractivity contribution in [2.45, 2.75) is 25.8 Å². The first-order valence-electron chi connectivity index (χ1n) is 6.76. The monoisotopic (exact) mass is 276 g/mol. The van der Waals surface area contributed by atoms with Crippen molar-refractivity contribution in [1.82, 2.24) is 10.2 Å². The largest absolute Gasteiger partial charge is 0.453 e. The molecule has 2 rings (SSSR count). The number of hydrogen-bond acceptors (Lipinski definition) is 3. The molecule has 1 aromatic rings. The third-order valence-corrected chi connectivity index (χ3v) is 3.54. The van der Waals surface area contributed by atoms with Crippen molar-refractivity contribution in [3.63, 3.8) is 0 Å². The van der Waals surface area contributed by atoms with Crippen molar-refractivity contribution in [3.05, 3.63) is 35.4 Å². The Hall–Kier alpha value is -2.04. The summed E-state index contributed by atoms with van der Waals surface area (Å²) in [6.07, 6.45) is -0.474. The van der Waals surface area contributed by atoms with Crippen molar-refractivity contribution >= 4 is 12.0 Å². The molecule has 0 aliphatic carbocycles. The van der Waals surface area contributed by atoms with Crippen LogP contribution in [0.1, 0.15) is 36.9 Å². The highest BCUT2D eigenvalue weighted by atomic mass is 16.5. The third kappa shape index (κ3) is 2.76. The van der Waals surface area contributed by atoms with Gasteiger partial charge in [-0.3, -0.25) is 9.69 Å². The van der Waals surface area contributed by atoms with E-state index < -0.39 is 12.1 Å². The molecule has 0 bridgehead atoms. The molecule has 1 atom stereocenters. The average Bonchev–Trinajstić information content (AvgIpc) is 2.46. The maximum absolute atomic E-state index is 12.1. The van der Waals surface area contributed by atoms with E-state index >= 15 is 0 Å². The zero-order chi connectivity index (χ0) is 14.7. The number of ether oxygens (including phenoxy) is 1. The number of benzene rings is 1. The summed E-state index contributed by atoms with van der Waals surface area (Å²) in [6, 6.07) is 7.19. The summed E-state index contributed by atoms with van der Waals surface area (Å²) in [6.45, 7) is 5.13. The Balaban J connectivity index is 2.30. The zero-order valence-electron chi connectivity index (χ0n) is 12.1. The number of carbonyl (C=O) groups excluding carboxylic acids is 2. The molecule has 1 fully saturated rings. The van der Waals surface area contributed by atoms with Gasteiger partial charge in [-0.1, -0.05) is 38.1 Å². The summed E-state index contributed by atoms with van der Waals surface area (Å²) < 4.78 is 4.76. The minimum absolute atomic E-state index is 0.168. The minimum Gasteiger partial charge on any atom is -0.453 e. The lowest BCUT2D eigenvalue weighted by Crippen LogP contribution is -2.52. The lowest BCUT2D eigenvalue weighted by molar-refractivity contribution is -0.128. The second kappa shape index (κ2) is 5.94. The van der Waals surface area contributed by atoms with Gasteiger partial charge in [0.15, 0.2) is 0 Å². The second-order valence-electron chi connectivity index (χ2n) is 5.18. The van der Waals surface area contributed by atoms with E-state index in [1.165, 1.54) is 17.6 Å². The molecule has 0 saturated carbocycles. The highest BCUT2D eigenvalue weighted by Crippen LogP contribution is 2.25. The first-order valence-corrected chi connectivity index (χ1v) is 6.76. The Morgan fingerprint density at radius 3 is 2.55 bits per heavy atom. The molecule has 1 aliphatic rings. The molecule has 0 radical (unpaired) electrons. The van der Waals surface area contributed by atoms with Crippen LogP contribution in [-0.2, 0) is 9.53 Å². The second-order valence-corrected chi connectivity index (χ2v) is 5.18. The van der Waals surface area contributed by atoms with Gasteiger partial charge in [0.2, 0.25) is 5.91 Å². The standard InChI is InChI=1S/C15H20N2O3/c1-10(2)11-4-6-12(7-5-11)13-14(18)16-8-9-17(13)15(19)20-3/h4-7,10,13H,8-9H2,1-3H3,(H,16,18). The maximum Gasteiger partial charge on any atom is 0.410 e. The summed E-state index contributed by atoms with van der Waals surface area (Å²) in [7, 11) is 1.33. The molecule has 5 heteroatoms. The third-order valence-electron chi connectivity index (χ3n) is 3.54. The lowest BCUT2D eigenvalue weighted by atomic mass is 9.97. The number of piperazine rings is 1. The van der Waals surface area contributed by atoms with E-state index in [1.807, 2.05) is 24.3 Å². The van der Waals surface area contributed by atoms with Crippen LogP contribution in [0.15, 0.2) is 24.3 Å². The molecule has 0 spiro atoms. The van der Waals surface area contributed by atoms with Gasteiger partial charge >= 0.3 is 6.09 Å². The number of nitrogens with zero attached hydrogens (tertiary/aromatic N) is 1. The summed E-state index contributed by atoms with van der Waals surface area (Å²) >= 11 is 0. The normalized spacial score (nSPS) is 18.9. The molecule has 1 heterocycles. The van der Waals surface area contributed by atoms with Crippen LogP contribution in [0.3, 0.4) is 0 Å². The van der Waals surface area contributed by atoms with Crippen LogP contribution in [0.5, 0.6) is 0 Å². The predicted molar refractivity (Wildman–Crippen MR) is 75.4 cm³/mol. The van der Waals surface area contributed by atoms with Crippen molar-refractivity contribution in [1.29, 1.82) is 0 Å². The Morgan fingerprint density at radius 1 is 1.35 bits per heavy atom. The zero-order valence-corrected chi connectivity index (χ0v) is 12.1. The topological polar surface area (TPSA) is 58.6 Å². The van der Waals surface area contributed by atoms with Crippen LogP contribution in [-0.4, -0.2) is 37.1 Å². The first kappa shape index (κ1) is 14.4. The van der Waals surface area contributed by atoms with Gasteiger partial charge < -0.3 is 10.1 Å². The smallest absolute Gasteiger partial charge is 0.410 e. The Kier molecular flexibility index (Phi) is 4.27. The fourth-order valence-electron chi connectivity index (χ4n) is 2.38. The summed E-state index contributed by atoms with van der Waals surface area (Å²) in [5.41, 5.74) is 2.01. The van der Waals surface area contributed by atoms with E-state index in [1.54, 1.807) is 0 Å². The van der Waals surface area contributed by atoms with E-state index in [2.05, 4.69) is 19.2 Å². The highest BCUT2D eigenvalue weighted by molar-refractivity contribution is 5.88. The lowest BCUT2D eigenvalue weighted by Gasteiger charge is -2.34. The van der Waals surface area contributed by atoms with Gasteiger partial charge in [0.25, 0.3) is 0 Å². The molecule has 1 aliphatic heterocycles. The van der Waals surface area contributed by atoms with Crippen molar-refractivity contribution in [3.8, 4) is 0 Å². The van der Waals surface area contributed by atoms with E-state index in [0.717, 1.165) is 5.56 Å². The van der Waals surface area contributed by atoms with Crippen LogP contribution < -0.4 is 5.32 Å². The molecule has 1 aromatic carbocycles. The Morgan fingerprint density at radius 2 is 2.00 bits per heavy atom. The number of nitrogens with one attached hydrogen (secondary N) is 1. The molecule has 5 nitrogen and oxygen atoms in total. The van der Waals surface area contributed by atoms with Crippen LogP contribution in [0, 0.1) is 0 Å². The predicted octanol–water partition coefficient (Wildman–Crippen LogP) is 2.05. The van der Waals surface area contributed by atoms with Gasteiger partial charge in [0, 0.05) is 13.1 Å². The highest BCUT2D eigenvalue weighted by Gasteiger charge is 2.34. The summed E-state index contributed by atoms with van der Waals surface area (Å²) in [5.74, 6) is 0.264. The van der Waals surface area contributed by atoms with Crippen molar-refractivity contribution < 1.29 is 14.3 Å². The van der Waals surface area contributed by atoms with Gasteiger partial charge in [-0.25, -0.2) is 4.79 Å². The average molecular weight is 276 g/mol. The number of rotatable bonds is 2. The molecule has 108 valence electrons. The molecule has 20 heavy (non-hydrogen) atoms. The van der Waals surface area contributed by atoms with Gasteiger partial charge in [-0.2, -0.15) is 0 Å². The Labute approximate surface area is 118 Å². The summed E-state index contributed by atoms with van der Waals surface area (Å²) in [4.78, 5) is 25.3. The van der Waals surface area contributed by atoms with E-state index in [0.29, 0.717) is 19.0 Å². The van der Waals surface area contributed by atoms with Gasteiger partial charge in [-0.15, -0.1) is 0 Å². The van der Waals surface area contributed by atoms with Crippen LogP contribution in [0.4, 0.5) is 4.79 Å². The van der Waals surface area contributed by atoms with E-state index in [9.17, 15) is 9.59 Å². The fourth-order valence-corrected chi connectivity index (χ4v) is 2.38. The Bertz CT molecular complexity index is 496. The minimum atomic E-state index is -0.614. The molecule has 0 aromatic heterocycles. The number of hydrogen-bond donors (Lipinski definition) is 1. The summed E-state index contributed by atoms with van der Waals surface area (Å²) in [5, 5.41) is 2.79. The quantitative estimate of drug-likeness (QED) is 0.899. The molecule has 1 saturated heterocycles. The van der Waals surface area contributed by atoms with Crippen LogP contribution >= 0.6 is 0 Å². The van der Waals surface area contributed by atoms with Crippen LogP contribution in [0.25, 0.3) is 0 Å². The van der Waals surface area contributed by atoms with Crippen molar-refractivity contribution in [2.75, 3.05) is 20.2 Å². The number of methoxy groups -OCH3 is 1. The van der Waals surface area contributed by atoms with Gasteiger partial charge in [-0.05, 0) is 17.0 Å². The fraction of sp³-hybridized carbons (Fsp3) is 0.467. The van der Waals surface area contributed by atoms with Gasteiger partial charge in [0.1, 0.15) is 6.04 Å². The maximum atomic E-state index is 12.1. The number of carbonyl (C=O) groups is 2. The molecular weight excluding hydrogens is 256 g/mol. The van der Waals surface area contributed by atoms with Crippen LogP contribution in [0.2, 0.25) is 0 Å². The molecule has 1 N–H and O–H groups in total. The van der Waals surface area contributed by atoms with E-state index in [4.69, 9.17) is 4.74 Å². The first-order chi connectivity index (χ1) is 9.54. The molecule has 1 unspecified atom stereocenters. The van der Waals surface area contributed by atoms with Crippen molar-refractivity contribution in [2.24, 2.45) is 0 Å². The SMILES string of the molecule is COC(=O)N1CCNC(=O)C1c1ccc(C(C)C)cc1. The molecule has 2 amide bonds. The van der Waals surface area contributed by atoms with Gasteiger partial charge in [0.05, 0.1) is 7.11 Å². The molecular formula is C15H20N2O3.